The molecule has 4 atom stereocenters. The van der Waals surface area contributed by atoms with Gasteiger partial charge in [0, 0.05) is 33.1 Å². The van der Waals surface area contributed by atoms with E-state index in [4.69, 9.17) is 28.1 Å². The maximum Gasteiger partial charge on any atom is 0.416 e. The van der Waals surface area contributed by atoms with Crippen molar-refractivity contribution in [3.05, 3.63) is 58.7 Å². The van der Waals surface area contributed by atoms with Crippen LogP contribution in [-0.2, 0) is 23.4 Å². The second-order valence-corrected chi connectivity index (χ2v) is 27.2. The van der Waals surface area contributed by atoms with E-state index in [1.807, 2.05) is 12.1 Å². The average Bonchev–Trinajstić information content (AvgIpc) is 3.67. The molecule has 0 bridgehead atoms. The number of hydrogen-bond acceptors (Lipinski definition) is 8. The molecule has 0 N–H and O–H groups in total. The fraction of sp³-hybridized carbons (Fsp3) is 0.632. The maximum absolute atomic E-state index is 14.9. The summed E-state index contributed by atoms with van der Waals surface area (Å²) in [6.07, 6.45) is -1.17. The molecule has 1 fully saturated rings. The number of aryl methyl sites for hydroxylation is 1. The highest BCUT2D eigenvalue weighted by atomic mass is 28.4. The SMILES string of the molecule is Cc1ccc(C2c3cc4c(cc3C(OCOCC[Si](C)(C)C)C(CO[Si](C(C)C)(C(C)C)C(C)C)C2C(=O)N2CCOC2=O)OCO4)cc1. The summed E-state index contributed by atoms with van der Waals surface area (Å²) in [7, 11) is -3.69. The van der Waals surface area contributed by atoms with Crippen LogP contribution in [0.2, 0.25) is 42.3 Å². The number of nitrogens with zero attached hydrogens (tertiary/aromatic N) is 1. The Kier molecular flexibility index (Phi) is 11.7. The van der Waals surface area contributed by atoms with Crippen LogP contribution in [0, 0.1) is 18.8 Å². The first-order chi connectivity index (χ1) is 23.2. The molecule has 9 nitrogen and oxygen atoms in total. The molecule has 0 saturated carbocycles. The van der Waals surface area contributed by atoms with E-state index in [0.717, 1.165) is 28.3 Å². The molecule has 0 aromatic heterocycles. The number of cyclic esters (lactones) is 1. The minimum absolute atomic E-state index is 0.0719. The summed E-state index contributed by atoms with van der Waals surface area (Å²) in [5.74, 6) is -0.523. The summed E-state index contributed by atoms with van der Waals surface area (Å²) >= 11 is 0. The van der Waals surface area contributed by atoms with E-state index in [-0.39, 0.29) is 32.6 Å². The lowest BCUT2D eigenvalue weighted by Crippen LogP contribution is -2.52. The van der Waals surface area contributed by atoms with Gasteiger partial charge in [0.05, 0.1) is 18.6 Å². The van der Waals surface area contributed by atoms with Gasteiger partial charge in [-0.25, -0.2) is 9.69 Å². The molecule has 1 saturated heterocycles. The Morgan fingerprint density at radius 2 is 1.53 bits per heavy atom. The van der Waals surface area contributed by atoms with Crippen molar-refractivity contribution in [1.29, 1.82) is 0 Å². The van der Waals surface area contributed by atoms with Crippen LogP contribution in [0.4, 0.5) is 4.79 Å². The third kappa shape index (κ3) is 7.80. The second kappa shape index (κ2) is 15.3. The largest absolute Gasteiger partial charge is 0.454 e. The lowest BCUT2D eigenvalue weighted by Gasteiger charge is -2.47. The van der Waals surface area contributed by atoms with Gasteiger partial charge in [-0.05, 0) is 58.4 Å². The Morgan fingerprint density at radius 1 is 0.918 bits per heavy atom. The molecule has 0 radical (unpaired) electrons. The Labute approximate surface area is 295 Å². The molecule has 0 spiro atoms. The molecule has 1 aliphatic carbocycles. The second-order valence-electron chi connectivity index (χ2n) is 16.1. The van der Waals surface area contributed by atoms with Crippen LogP contribution in [0.3, 0.4) is 0 Å². The standard InChI is InChI=1S/C38H57NO8Si2/c1-24(2)49(25(3)4,26(5)6)47-21-31-35(37(40)39-15-16-43-38(39)41)34(28-13-11-27(7)12-14-28)29-19-32-33(45-23-44-32)20-30(29)36(31)46-22-42-17-18-48(8,9)10/h11-14,19-20,24-26,31,34-36H,15-18,21-23H2,1-10H3. The number of benzene rings is 2. The zero-order valence-electron chi connectivity index (χ0n) is 31.2. The molecule has 11 heteroatoms. The summed E-state index contributed by atoms with van der Waals surface area (Å²) < 4.78 is 37.3. The van der Waals surface area contributed by atoms with Crippen LogP contribution in [0.5, 0.6) is 11.5 Å². The molecule has 49 heavy (non-hydrogen) atoms. The molecule has 4 unspecified atom stereocenters. The molecule has 2 heterocycles. The normalized spacial score (nSPS) is 22.3. The van der Waals surface area contributed by atoms with Gasteiger partial charge in [-0.15, -0.1) is 0 Å². The van der Waals surface area contributed by atoms with Crippen LogP contribution in [0.1, 0.15) is 75.8 Å². The molecular weight excluding hydrogens is 655 g/mol. The van der Waals surface area contributed by atoms with Crippen molar-refractivity contribution in [1.82, 2.24) is 4.90 Å². The van der Waals surface area contributed by atoms with Crippen LogP contribution >= 0.6 is 0 Å². The summed E-state index contributed by atoms with van der Waals surface area (Å²) in [5.41, 5.74) is 4.98. The predicted octanol–water partition coefficient (Wildman–Crippen LogP) is 8.64. The van der Waals surface area contributed by atoms with E-state index in [9.17, 15) is 9.59 Å². The smallest absolute Gasteiger partial charge is 0.416 e. The number of imide groups is 1. The summed E-state index contributed by atoms with van der Waals surface area (Å²) in [6.45, 7) is 24.1. The van der Waals surface area contributed by atoms with Gasteiger partial charge in [-0.3, -0.25) is 4.79 Å². The molecule has 2 amide bonds. The molecule has 2 aliphatic heterocycles. The first kappa shape index (κ1) is 37.5. The lowest BCUT2D eigenvalue weighted by molar-refractivity contribution is -0.149. The van der Waals surface area contributed by atoms with Crippen molar-refractivity contribution < 1.29 is 37.7 Å². The van der Waals surface area contributed by atoms with E-state index in [2.05, 4.69) is 92.4 Å². The van der Waals surface area contributed by atoms with E-state index < -0.39 is 46.3 Å². The molecule has 2 aromatic rings. The minimum atomic E-state index is -2.38. The quantitative estimate of drug-likeness (QED) is 0.109. The number of carbonyl (C=O) groups is 2. The van der Waals surface area contributed by atoms with E-state index in [0.29, 0.717) is 41.3 Å². The van der Waals surface area contributed by atoms with Crippen LogP contribution in [0.25, 0.3) is 0 Å². The van der Waals surface area contributed by atoms with Gasteiger partial charge in [0.2, 0.25) is 12.7 Å². The Balaban J connectivity index is 1.67. The van der Waals surface area contributed by atoms with E-state index >= 15 is 0 Å². The summed E-state index contributed by atoms with van der Waals surface area (Å²) in [4.78, 5) is 29.2. The predicted molar refractivity (Wildman–Crippen MR) is 195 cm³/mol. The Morgan fingerprint density at radius 3 is 2.08 bits per heavy atom. The highest BCUT2D eigenvalue weighted by Gasteiger charge is 2.53. The lowest BCUT2D eigenvalue weighted by atomic mass is 9.64. The number of amides is 2. The Hall–Kier alpha value is -2.71. The van der Waals surface area contributed by atoms with E-state index in [1.165, 1.54) is 4.90 Å². The maximum atomic E-state index is 14.9. The van der Waals surface area contributed by atoms with Crippen molar-refractivity contribution in [2.75, 3.05) is 40.0 Å². The number of ether oxygens (including phenoxy) is 5. The summed E-state index contributed by atoms with van der Waals surface area (Å²) in [5, 5.41) is 0. The van der Waals surface area contributed by atoms with Gasteiger partial charge >= 0.3 is 6.09 Å². The third-order valence-electron chi connectivity index (χ3n) is 10.7. The van der Waals surface area contributed by atoms with Crippen LogP contribution in [-0.4, -0.2) is 73.2 Å². The first-order valence-corrected chi connectivity index (χ1v) is 23.8. The average molecular weight is 712 g/mol. The molecule has 2 aromatic carbocycles. The van der Waals surface area contributed by atoms with E-state index in [1.54, 1.807) is 0 Å². The number of carbonyl (C=O) groups excluding carboxylic acids is 2. The molecule has 270 valence electrons. The number of hydrogen-bond donors (Lipinski definition) is 0. The monoisotopic (exact) mass is 711 g/mol. The highest BCUT2D eigenvalue weighted by molar-refractivity contribution is 6.77. The summed E-state index contributed by atoms with van der Waals surface area (Å²) in [6, 6.07) is 13.4. The molecular formula is C38H57NO8Si2. The zero-order chi connectivity index (χ0) is 35.7. The highest BCUT2D eigenvalue weighted by Crippen LogP contribution is 2.55. The third-order valence-corrected chi connectivity index (χ3v) is 18.5. The fourth-order valence-electron chi connectivity index (χ4n) is 8.31. The van der Waals surface area contributed by atoms with Crippen molar-refractivity contribution in [2.24, 2.45) is 11.8 Å². The van der Waals surface area contributed by atoms with Crippen LogP contribution < -0.4 is 9.47 Å². The van der Waals surface area contributed by atoms with Crippen molar-refractivity contribution in [3.63, 3.8) is 0 Å². The first-order valence-electron chi connectivity index (χ1n) is 18.0. The minimum Gasteiger partial charge on any atom is -0.454 e. The van der Waals surface area contributed by atoms with Crippen molar-refractivity contribution in [3.8, 4) is 11.5 Å². The number of fused-ring (bicyclic) bond motifs is 2. The van der Waals surface area contributed by atoms with Gasteiger partial charge < -0.3 is 28.1 Å². The van der Waals surface area contributed by atoms with Crippen molar-refractivity contribution in [2.45, 2.75) is 103 Å². The van der Waals surface area contributed by atoms with Gasteiger partial charge in [-0.1, -0.05) is 91.0 Å². The molecule has 5 rings (SSSR count). The zero-order valence-corrected chi connectivity index (χ0v) is 33.2. The van der Waals surface area contributed by atoms with Crippen molar-refractivity contribution >= 4 is 28.4 Å². The van der Waals surface area contributed by atoms with Gasteiger partial charge in [0.25, 0.3) is 0 Å². The topological polar surface area (TPSA) is 92.8 Å². The number of rotatable bonds is 14. The van der Waals surface area contributed by atoms with Gasteiger partial charge in [0.15, 0.2) is 19.8 Å². The van der Waals surface area contributed by atoms with Gasteiger partial charge in [0.1, 0.15) is 13.4 Å². The fourth-order valence-corrected chi connectivity index (χ4v) is 14.6. The van der Waals surface area contributed by atoms with Crippen LogP contribution in [0.15, 0.2) is 36.4 Å². The Bertz CT molecular complexity index is 1450. The van der Waals surface area contributed by atoms with Gasteiger partial charge in [-0.2, -0.15) is 0 Å². The molecule has 3 aliphatic rings.